The Bertz CT molecular complexity index is 836. The summed E-state index contributed by atoms with van der Waals surface area (Å²) in [6, 6.07) is 8.72. The molecule has 1 atom stereocenters. The molecule has 0 aliphatic heterocycles. The molecule has 1 aromatic carbocycles. The van der Waals surface area contributed by atoms with Gasteiger partial charge in [0.25, 0.3) is 0 Å². The highest BCUT2D eigenvalue weighted by molar-refractivity contribution is 7.09. The average Bonchev–Trinajstić information content (AvgIpc) is 3.14. The van der Waals surface area contributed by atoms with Gasteiger partial charge in [-0.25, -0.2) is 0 Å². The Balaban J connectivity index is 1.93. The first-order chi connectivity index (χ1) is 13.4. The van der Waals surface area contributed by atoms with Crippen molar-refractivity contribution in [2.75, 3.05) is 13.0 Å². The summed E-state index contributed by atoms with van der Waals surface area (Å²) in [5, 5.41) is 12.0. The van der Waals surface area contributed by atoms with Gasteiger partial charge in [-0.15, -0.1) is 11.3 Å². The first-order valence-corrected chi connectivity index (χ1v) is 8.42. The van der Waals surface area contributed by atoms with Crippen LogP contribution >= 0.6 is 11.3 Å². The molecule has 2 nitrogen and oxygen atoms in total. The van der Waals surface area contributed by atoms with Crippen LogP contribution in [-0.2, 0) is 19.3 Å². The molecule has 0 radical (unpaired) electrons. The lowest BCUT2D eigenvalue weighted by atomic mass is 9.86. The minimum Gasteiger partial charge on any atom is -0.508 e. The lowest BCUT2D eigenvalue weighted by molar-refractivity contribution is 0.181. The largest absolute Gasteiger partial charge is 0.508 e. The van der Waals surface area contributed by atoms with E-state index in [-0.39, 0.29) is 18.3 Å². The lowest BCUT2D eigenvalue weighted by Crippen LogP contribution is -2.41. The molecule has 0 amide bonds. The monoisotopic (exact) mass is 322 g/mol. The molecule has 1 heterocycles. The molecule has 0 saturated heterocycles. The van der Waals surface area contributed by atoms with Crippen molar-refractivity contribution in [1.29, 1.82) is 0 Å². The minimum absolute atomic E-state index is 0.210. The summed E-state index contributed by atoms with van der Waals surface area (Å²) in [4.78, 5) is 2.43. The number of benzene rings is 1. The predicted octanol–water partition coefficient (Wildman–Crippen LogP) is 4.27. The number of phenolic OH excluding ortho intramolecular Hbond substituents is 1. The second-order valence-corrected chi connectivity index (χ2v) is 6.60. The van der Waals surface area contributed by atoms with Crippen molar-refractivity contribution in [2.24, 2.45) is 0 Å². The van der Waals surface area contributed by atoms with E-state index in [1.807, 2.05) is 23.6 Å². The van der Waals surface area contributed by atoms with E-state index in [9.17, 15) is 5.11 Å². The molecule has 118 valence electrons. The molecule has 22 heavy (non-hydrogen) atoms. The highest BCUT2D eigenvalue weighted by Crippen LogP contribution is 2.30. The fraction of sp³-hybridized carbons (Fsp3) is 0.474. The van der Waals surface area contributed by atoms with Crippen LogP contribution in [0.1, 0.15) is 45.2 Å². The third-order valence-corrected chi connectivity index (χ3v) is 5.19. The Hall–Kier alpha value is -1.32. The lowest BCUT2D eigenvalue weighted by Gasteiger charge is -2.35. The Morgan fingerprint density at radius 3 is 3.18 bits per heavy atom. The Kier molecular flexibility index (Phi) is 3.02. The van der Waals surface area contributed by atoms with E-state index in [0.717, 1.165) is 16.0 Å². The number of phenols is 1. The number of rotatable bonds is 6. The van der Waals surface area contributed by atoms with Crippen LogP contribution < -0.4 is 0 Å². The summed E-state index contributed by atoms with van der Waals surface area (Å²) < 4.78 is 56.0. The van der Waals surface area contributed by atoms with Crippen molar-refractivity contribution >= 4 is 11.3 Å². The molecule has 3 heteroatoms. The zero-order valence-electron chi connectivity index (χ0n) is 19.4. The van der Waals surface area contributed by atoms with E-state index in [4.69, 9.17) is 9.60 Å². The summed E-state index contributed by atoms with van der Waals surface area (Å²) in [7, 11) is 0. The quantitative estimate of drug-likeness (QED) is 0.858. The van der Waals surface area contributed by atoms with Crippen molar-refractivity contribution in [3.8, 4) is 5.75 Å². The molecule has 1 aromatic heterocycles. The first-order valence-electron chi connectivity index (χ1n) is 11.0. The highest BCUT2D eigenvalue weighted by Gasteiger charge is 2.25. The maximum Gasteiger partial charge on any atom is 0.119 e. The van der Waals surface area contributed by atoms with Crippen LogP contribution in [-0.4, -0.2) is 29.1 Å². The smallest absolute Gasteiger partial charge is 0.119 e. The standard InChI is InChI=1S/C19H25NOS/c1-2-11-20(12-10-17-6-4-13-22-17)16-8-9-18-15(14-16)5-3-7-19(18)21/h3-7,13,16,21H,2,8-12,14H2,1H3/i1D3,2D2,11D2. The van der Waals surface area contributed by atoms with Gasteiger partial charge in [-0.05, 0) is 67.2 Å². The van der Waals surface area contributed by atoms with Gasteiger partial charge in [-0.2, -0.15) is 0 Å². The summed E-state index contributed by atoms with van der Waals surface area (Å²) in [6.07, 6.45) is -1.03. The molecule has 2 aromatic rings. The number of hydrogen-bond donors (Lipinski definition) is 1. The molecule has 1 aliphatic carbocycles. The van der Waals surface area contributed by atoms with Crippen LogP contribution in [0.25, 0.3) is 0 Å². The van der Waals surface area contributed by atoms with Crippen LogP contribution in [0.3, 0.4) is 0 Å². The van der Waals surface area contributed by atoms with Crippen LogP contribution in [0.5, 0.6) is 5.75 Å². The van der Waals surface area contributed by atoms with E-state index in [1.54, 1.807) is 12.1 Å². The Labute approximate surface area is 147 Å². The third-order valence-electron chi connectivity index (χ3n) is 4.25. The van der Waals surface area contributed by atoms with Gasteiger partial charge in [0.15, 0.2) is 0 Å². The van der Waals surface area contributed by atoms with Crippen LogP contribution in [0, 0.1) is 0 Å². The number of fused-ring (bicyclic) bond motifs is 1. The second-order valence-electron chi connectivity index (χ2n) is 5.57. The van der Waals surface area contributed by atoms with Gasteiger partial charge < -0.3 is 5.11 Å². The fourth-order valence-electron chi connectivity index (χ4n) is 3.12. The fourth-order valence-corrected chi connectivity index (χ4v) is 3.82. The van der Waals surface area contributed by atoms with Gasteiger partial charge in [0.05, 0.1) is 0 Å². The maximum atomic E-state index is 10.1. The SMILES string of the molecule is [2H]C([2H])([2H])C([2H])([2H])C([2H])([2H])N(CCc1cccs1)C1CCc2c(O)cccc2C1. The summed E-state index contributed by atoms with van der Waals surface area (Å²) in [5.74, 6) is 0.215. The highest BCUT2D eigenvalue weighted by atomic mass is 32.1. The number of hydrogen-bond acceptors (Lipinski definition) is 3. The molecule has 1 unspecified atom stereocenters. The van der Waals surface area contributed by atoms with E-state index >= 15 is 0 Å². The van der Waals surface area contributed by atoms with E-state index in [0.29, 0.717) is 25.7 Å². The van der Waals surface area contributed by atoms with E-state index in [2.05, 4.69) is 0 Å². The molecule has 3 rings (SSSR count). The zero-order chi connectivity index (χ0) is 21.4. The normalized spacial score (nSPS) is 24.2. The Morgan fingerprint density at radius 2 is 2.36 bits per heavy atom. The summed E-state index contributed by atoms with van der Waals surface area (Å²) >= 11 is 1.54. The van der Waals surface area contributed by atoms with Crippen molar-refractivity contribution in [3.63, 3.8) is 0 Å². The molecule has 1 aliphatic rings. The van der Waals surface area contributed by atoms with E-state index < -0.39 is 19.7 Å². The summed E-state index contributed by atoms with van der Waals surface area (Å²) in [6.45, 7) is -5.57. The summed E-state index contributed by atoms with van der Waals surface area (Å²) in [5.41, 5.74) is 1.73. The average molecular weight is 323 g/mol. The molecule has 0 fully saturated rings. The number of thiophene rings is 1. The molecule has 0 saturated carbocycles. The van der Waals surface area contributed by atoms with Crippen LogP contribution in [0.4, 0.5) is 0 Å². The van der Waals surface area contributed by atoms with Gasteiger partial charge >= 0.3 is 0 Å². The number of aromatic hydroxyl groups is 1. The van der Waals surface area contributed by atoms with Gasteiger partial charge in [0.2, 0.25) is 0 Å². The Morgan fingerprint density at radius 1 is 1.41 bits per heavy atom. The first kappa shape index (κ1) is 9.09. The van der Waals surface area contributed by atoms with Crippen LogP contribution in [0.15, 0.2) is 35.7 Å². The van der Waals surface area contributed by atoms with Gasteiger partial charge in [-0.1, -0.05) is 25.1 Å². The van der Waals surface area contributed by atoms with Gasteiger partial charge in [0.1, 0.15) is 5.75 Å². The van der Waals surface area contributed by atoms with Crippen molar-refractivity contribution in [2.45, 2.75) is 44.9 Å². The van der Waals surface area contributed by atoms with Gasteiger partial charge in [-0.3, -0.25) is 4.90 Å². The molecular formula is C19H25NOS. The second kappa shape index (κ2) is 7.30. The van der Waals surface area contributed by atoms with Crippen molar-refractivity contribution in [1.82, 2.24) is 4.90 Å². The molecular weight excluding hydrogens is 290 g/mol. The topological polar surface area (TPSA) is 23.5 Å². The molecule has 0 spiro atoms. The molecule has 0 bridgehead atoms. The minimum atomic E-state index is -3.09. The molecule has 1 N–H and O–H groups in total. The van der Waals surface area contributed by atoms with Crippen molar-refractivity contribution < 1.29 is 14.7 Å². The van der Waals surface area contributed by atoms with E-state index in [1.165, 1.54) is 16.2 Å². The zero-order valence-corrected chi connectivity index (χ0v) is 13.2. The third kappa shape index (κ3) is 3.53. The maximum absolute atomic E-state index is 10.1. The predicted molar refractivity (Wildman–Crippen MR) is 93.8 cm³/mol. The number of nitrogens with zero attached hydrogens (tertiary/aromatic N) is 1. The van der Waals surface area contributed by atoms with Crippen molar-refractivity contribution in [3.05, 3.63) is 51.7 Å². The van der Waals surface area contributed by atoms with Gasteiger partial charge in [0, 0.05) is 27.1 Å². The van der Waals surface area contributed by atoms with Crippen LogP contribution in [0.2, 0.25) is 0 Å².